The fourth-order valence-corrected chi connectivity index (χ4v) is 4.18. The number of rotatable bonds is 5. The van der Waals surface area contributed by atoms with Crippen LogP contribution in [0.1, 0.15) is 35.1 Å². The minimum absolute atomic E-state index is 0.0162. The van der Waals surface area contributed by atoms with Gasteiger partial charge in [0, 0.05) is 11.6 Å². The van der Waals surface area contributed by atoms with Gasteiger partial charge in [0.15, 0.2) is 0 Å². The van der Waals surface area contributed by atoms with E-state index in [1.165, 1.54) is 11.1 Å². The number of fused-ring (bicyclic) bond motifs is 3. The van der Waals surface area contributed by atoms with Crippen LogP contribution in [-0.4, -0.2) is 24.6 Å². The largest absolute Gasteiger partial charge is 0.449 e. The van der Waals surface area contributed by atoms with Gasteiger partial charge in [-0.1, -0.05) is 54.6 Å². The lowest BCUT2D eigenvalue weighted by molar-refractivity contribution is -0.117. The van der Waals surface area contributed by atoms with Gasteiger partial charge in [0.05, 0.1) is 0 Å². The Labute approximate surface area is 182 Å². The predicted octanol–water partition coefficient (Wildman–Crippen LogP) is 5.17. The number of alkyl carbamates (subject to hydrolysis) is 1. The van der Waals surface area contributed by atoms with Crippen molar-refractivity contribution in [1.29, 1.82) is 0 Å². The highest BCUT2D eigenvalue weighted by Gasteiger charge is 2.29. The first-order valence-corrected chi connectivity index (χ1v) is 10.4. The van der Waals surface area contributed by atoms with E-state index in [0.717, 1.165) is 22.3 Å². The molecule has 0 fully saturated rings. The van der Waals surface area contributed by atoms with Crippen LogP contribution in [0.5, 0.6) is 0 Å². The number of hydrogen-bond donors (Lipinski definition) is 2. The van der Waals surface area contributed by atoms with Crippen molar-refractivity contribution in [3.05, 3.63) is 89.0 Å². The topological polar surface area (TPSA) is 67.4 Å². The maximum Gasteiger partial charge on any atom is 0.407 e. The smallest absolute Gasteiger partial charge is 0.407 e. The Bertz CT molecular complexity index is 1070. The molecule has 0 bridgehead atoms. The third-order valence-electron chi connectivity index (χ3n) is 5.56. The van der Waals surface area contributed by atoms with E-state index in [0.29, 0.717) is 5.69 Å². The molecule has 2 amide bonds. The summed E-state index contributed by atoms with van der Waals surface area (Å²) in [6.07, 6.45) is -0.607. The lowest BCUT2D eigenvalue weighted by atomic mass is 9.98. The molecule has 158 valence electrons. The molecule has 5 heteroatoms. The summed E-state index contributed by atoms with van der Waals surface area (Å²) < 4.78 is 5.52. The highest BCUT2D eigenvalue weighted by atomic mass is 16.5. The van der Waals surface area contributed by atoms with E-state index in [-0.39, 0.29) is 18.4 Å². The number of carbonyl (C=O) groups excluding carboxylic acids is 2. The molecule has 0 saturated heterocycles. The number of ether oxygens (including phenoxy) is 1. The number of anilines is 1. The summed E-state index contributed by atoms with van der Waals surface area (Å²) in [5, 5.41) is 5.47. The summed E-state index contributed by atoms with van der Waals surface area (Å²) in [5.41, 5.74) is 7.49. The first kappa shape index (κ1) is 20.7. The number of aryl methyl sites for hydroxylation is 2. The fourth-order valence-electron chi connectivity index (χ4n) is 4.18. The van der Waals surface area contributed by atoms with Gasteiger partial charge in [-0.25, -0.2) is 4.79 Å². The number of carbonyl (C=O) groups is 2. The van der Waals surface area contributed by atoms with Crippen molar-refractivity contribution in [1.82, 2.24) is 5.32 Å². The van der Waals surface area contributed by atoms with Crippen LogP contribution in [0.2, 0.25) is 0 Å². The molecule has 4 rings (SSSR count). The Kier molecular flexibility index (Phi) is 5.76. The second-order valence-electron chi connectivity index (χ2n) is 8.06. The molecule has 3 aromatic rings. The van der Waals surface area contributed by atoms with Gasteiger partial charge in [0.25, 0.3) is 0 Å². The number of nitrogens with one attached hydrogen (secondary N) is 2. The van der Waals surface area contributed by atoms with E-state index in [1.54, 1.807) is 6.92 Å². The third kappa shape index (κ3) is 4.45. The number of benzene rings is 3. The Morgan fingerprint density at radius 2 is 1.45 bits per heavy atom. The molecule has 2 N–H and O–H groups in total. The van der Waals surface area contributed by atoms with Gasteiger partial charge in [-0.3, -0.25) is 4.79 Å². The maximum absolute atomic E-state index is 12.5. The average Bonchev–Trinajstić information content (AvgIpc) is 3.05. The van der Waals surface area contributed by atoms with Gasteiger partial charge in [-0.05, 0) is 66.3 Å². The van der Waals surface area contributed by atoms with Crippen molar-refractivity contribution in [2.75, 3.05) is 11.9 Å². The molecule has 0 unspecified atom stereocenters. The Morgan fingerprint density at radius 1 is 0.903 bits per heavy atom. The van der Waals surface area contributed by atoms with Crippen LogP contribution < -0.4 is 10.6 Å². The molecular weight excluding hydrogens is 388 g/mol. The summed E-state index contributed by atoms with van der Waals surface area (Å²) >= 11 is 0. The van der Waals surface area contributed by atoms with E-state index < -0.39 is 12.1 Å². The quantitative estimate of drug-likeness (QED) is 0.605. The standard InChI is InChI=1S/C26H26N2O3/c1-16-12-17(2)14-19(13-16)28-25(29)18(3)27-26(30)31-15-24-22-10-6-4-8-20(22)21-9-5-7-11-23(21)24/h4-14,18,24H,15H2,1-3H3,(H,27,30)(H,28,29)/t18-/m0/s1. The van der Waals surface area contributed by atoms with E-state index in [2.05, 4.69) is 34.9 Å². The Hall–Kier alpha value is -3.60. The zero-order valence-electron chi connectivity index (χ0n) is 17.9. The lowest BCUT2D eigenvalue weighted by Gasteiger charge is -2.17. The molecule has 0 radical (unpaired) electrons. The molecule has 0 aliphatic heterocycles. The summed E-state index contributed by atoms with van der Waals surface area (Å²) in [6.45, 7) is 5.80. The highest BCUT2D eigenvalue weighted by Crippen LogP contribution is 2.44. The predicted molar refractivity (Wildman–Crippen MR) is 122 cm³/mol. The van der Waals surface area contributed by atoms with Crippen molar-refractivity contribution in [3.63, 3.8) is 0 Å². The summed E-state index contributed by atoms with van der Waals surface area (Å²) in [6, 6.07) is 21.4. The van der Waals surface area contributed by atoms with Crippen molar-refractivity contribution in [2.24, 2.45) is 0 Å². The first-order chi connectivity index (χ1) is 14.9. The first-order valence-electron chi connectivity index (χ1n) is 10.4. The van der Waals surface area contributed by atoms with Gasteiger partial charge in [0.2, 0.25) is 5.91 Å². The highest BCUT2D eigenvalue weighted by molar-refractivity contribution is 5.96. The van der Waals surface area contributed by atoms with Gasteiger partial charge in [-0.15, -0.1) is 0 Å². The normalized spacial score (nSPS) is 13.1. The Morgan fingerprint density at radius 3 is 2.03 bits per heavy atom. The molecule has 5 nitrogen and oxygen atoms in total. The van der Waals surface area contributed by atoms with Gasteiger partial charge in [-0.2, -0.15) is 0 Å². The second kappa shape index (κ2) is 8.64. The second-order valence-corrected chi connectivity index (χ2v) is 8.06. The van der Waals surface area contributed by atoms with Gasteiger partial charge in [0.1, 0.15) is 12.6 Å². The summed E-state index contributed by atoms with van der Waals surface area (Å²) in [4.78, 5) is 24.9. The molecule has 0 spiro atoms. The molecular formula is C26H26N2O3. The Balaban J connectivity index is 1.36. The lowest BCUT2D eigenvalue weighted by Crippen LogP contribution is -2.42. The maximum atomic E-state index is 12.5. The van der Waals surface area contributed by atoms with Crippen LogP contribution in [0, 0.1) is 13.8 Å². The molecule has 1 atom stereocenters. The van der Waals surface area contributed by atoms with Gasteiger partial charge < -0.3 is 15.4 Å². The fraction of sp³-hybridized carbons (Fsp3) is 0.231. The van der Waals surface area contributed by atoms with Crippen molar-refractivity contribution >= 4 is 17.7 Å². The molecule has 0 aromatic heterocycles. The SMILES string of the molecule is Cc1cc(C)cc(NC(=O)[C@H](C)NC(=O)OCC2c3ccccc3-c3ccccc32)c1. The molecule has 1 aliphatic rings. The van der Waals surface area contributed by atoms with Crippen LogP contribution in [0.4, 0.5) is 10.5 Å². The molecule has 0 saturated carbocycles. The third-order valence-corrected chi connectivity index (χ3v) is 5.56. The number of hydrogen-bond acceptors (Lipinski definition) is 3. The van der Waals surface area contributed by atoms with Crippen LogP contribution in [0.15, 0.2) is 66.7 Å². The van der Waals surface area contributed by atoms with Gasteiger partial charge >= 0.3 is 6.09 Å². The molecule has 31 heavy (non-hydrogen) atoms. The minimum Gasteiger partial charge on any atom is -0.449 e. The van der Waals surface area contributed by atoms with Crippen molar-refractivity contribution < 1.29 is 14.3 Å². The van der Waals surface area contributed by atoms with Crippen molar-refractivity contribution in [2.45, 2.75) is 32.7 Å². The van der Waals surface area contributed by atoms with E-state index in [1.807, 2.05) is 56.3 Å². The number of amides is 2. The van der Waals surface area contributed by atoms with Crippen LogP contribution in [0.3, 0.4) is 0 Å². The van der Waals surface area contributed by atoms with E-state index in [9.17, 15) is 9.59 Å². The minimum atomic E-state index is -0.725. The zero-order chi connectivity index (χ0) is 22.0. The van der Waals surface area contributed by atoms with E-state index in [4.69, 9.17) is 4.74 Å². The molecule has 3 aromatic carbocycles. The molecule has 0 heterocycles. The van der Waals surface area contributed by atoms with Crippen molar-refractivity contribution in [3.8, 4) is 11.1 Å². The van der Waals surface area contributed by atoms with Crippen LogP contribution in [-0.2, 0) is 9.53 Å². The zero-order valence-corrected chi connectivity index (χ0v) is 17.9. The monoisotopic (exact) mass is 414 g/mol. The summed E-state index contributed by atoms with van der Waals surface area (Å²) in [5.74, 6) is -0.309. The molecule has 1 aliphatic carbocycles. The van der Waals surface area contributed by atoms with E-state index >= 15 is 0 Å². The van der Waals surface area contributed by atoms with Crippen LogP contribution in [0.25, 0.3) is 11.1 Å². The van der Waals surface area contributed by atoms with Crippen LogP contribution >= 0.6 is 0 Å². The average molecular weight is 415 g/mol. The summed E-state index contributed by atoms with van der Waals surface area (Å²) in [7, 11) is 0.